The Kier molecular flexibility index (Phi) is 13.3. The van der Waals surface area contributed by atoms with Gasteiger partial charge in [-0.15, -0.1) is 0 Å². The van der Waals surface area contributed by atoms with Crippen LogP contribution in [0.1, 0.15) is 34.8 Å². The number of aromatic hydroxyl groups is 2. The Balaban J connectivity index is 1.93. The van der Waals surface area contributed by atoms with Gasteiger partial charge in [-0.25, -0.2) is 9.59 Å². The number of carbonyl (C=O) groups is 2. The van der Waals surface area contributed by atoms with Crippen molar-refractivity contribution in [2.24, 2.45) is 0 Å². The number of hydrogen-bond donors (Lipinski definition) is 2. The first kappa shape index (κ1) is 29.9. The Hall–Kier alpha value is -3.32. The van der Waals surface area contributed by atoms with Gasteiger partial charge in [0.1, 0.15) is 12.4 Å². The molecule has 0 fully saturated rings. The Bertz CT molecular complexity index is 931. The van der Waals surface area contributed by atoms with Gasteiger partial charge in [0.05, 0.1) is 59.5 Å². The highest BCUT2D eigenvalue weighted by molar-refractivity contribution is 6.00. The van der Waals surface area contributed by atoms with E-state index in [9.17, 15) is 19.8 Å². The van der Waals surface area contributed by atoms with Crippen LogP contribution in [-0.4, -0.2) is 99.9 Å². The highest BCUT2D eigenvalue weighted by Crippen LogP contribution is 2.39. The minimum absolute atomic E-state index is 0.0310. The van der Waals surface area contributed by atoms with Crippen LogP contribution >= 0.6 is 0 Å². The van der Waals surface area contributed by atoms with E-state index >= 15 is 0 Å². The van der Waals surface area contributed by atoms with Gasteiger partial charge in [-0.05, 0) is 38.1 Å². The van der Waals surface area contributed by atoms with Crippen molar-refractivity contribution < 1.29 is 53.0 Å². The first-order valence-corrected chi connectivity index (χ1v) is 11.9. The molecule has 206 valence electrons. The van der Waals surface area contributed by atoms with E-state index in [0.29, 0.717) is 57.7 Å². The molecule has 37 heavy (non-hydrogen) atoms. The molecular weight excluding hydrogens is 490 g/mol. The van der Waals surface area contributed by atoms with Gasteiger partial charge in [0.2, 0.25) is 0 Å². The molecule has 2 aromatic rings. The quantitative estimate of drug-likeness (QED) is 0.218. The van der Waals surface area contributed by atoms with E-state index in [-0.39, 0.29) is 19.8 Å². The van der Waals surface area contributed by atoms with Crippen LogP contribution in [0.4, 0.5) is 0 Å². The van der Waals surface area contributed by atoms with E-state index in [0.717, 1.165) is 4.57 Å². The van der Waals surface area contributed by atoms with E-state index in [2.05, 4.69) is 0 Å². The largest absolute Gasteiger partial charge is 0.503 e. The first-order valence-electron chi connectivity index (χ1n) is 11.9. The standard InChI is InChI=1S/C25H35NO11/c1-4-35-24(29)20-22(27)23(28)21(25(30)36-5-2)26(20)18-6-8-19(9-7-18)37-17-16-34-15-14-33-13-12-32-11-10-31-3/h6-9,27-28H,4-5,10-17H2,1-3H3. The first-order chi connectivity index (χ1) is 18.0. The fourth-order valence-electron chi connectivity index (χ4n) is 3.17. The lowest BCUT2D eigenvalue weighted by atomic mass is 10.2. The minimum Gasteiger partial charge on any atom is -0.503 e. The molecule has 0 radical (unpaired) electrons. The van der Waals surface area contributed by atoms with Gasteiger partial charge in [0.15, 0.2) is 22.9 Å². The van der Waals surface area contributed by atoms with Crippen LogP contribution in [0.15, 0.2) is 24.3 Å². The van der Waals surface area contributed by atoms with Crippen molar-refractivity contribution in [3.05, 3.63) is 35.7 Å². The van der Waals surface area contributed by atoms with Crippen LogP contribution in [-0.2, 0) is 28.4 Å². The fourth-order valence-corrected chi connectivity index (χ4v) is 3.17. The van der Waals surface area contributed by atoms with Crippen LogP contribution < -0.4 is 4.74 Å². The highest BCUT2D eigenvalue weighted by Gasteiger charge is 2.33. The third-order valence-corrected chi connectivity index (χ3v) is 4.82. The van der Waals surface area contributed by atoms with E-state index in [4.69, 9.17) is 33.2 Å². The average molecular weight is 526 g/mol. The second kappa shape index (κ2) is 16.4. The third-order valence-electron chi connectivity index (χ3n) is 4.82. The molecule has 0 spiro atoms. The molecular formula is C25H35NO11. The van der Waals surface area contributed by atoms with Crippen molar-refractivity contribution in [1.82, 2.24) is 4.57 Å². The maximum Gasteiger partial charge on any atom is 0.359 e. The number of carbonyl (C=O) groups excluding carboxylic acids is 2. The van der Waals surface area contributed by atoms with E-state index in [1.807, 2.05) is 0 Å². The minimum atomic E-state index is -0.911. The van der Waals surface area contributed by atoms with Crippen molar-refractivity contribution in [2.75, 3.05) is 73.2 Å². The molecule has 0 amide bonds. The number of ether oxygens (including phenoxy) is 7. The number of esters is 2. The lowest BCUT2D eigenvalue weighted by molar-refractivity contribution is 0.000164. The number of nitrogens with zero attached hydrogens (tertiary/aromatic N) is 1. The average Bonchev–Trinajstić information content (AvgIpc) is 3.15. The van der Waals surface area contributed by atoms with Crippen LogP contribution in [0.5, 0.6) is 17.2 Å². The topological polar surface area (TPSA) is 144 Å². The molecule has 0 bridgehead atoms. The van der Waals surface area contributed by atoms with E-state index in [1.165, 1.54) is 0 Å². The summed E-state index contributed by atoms with van der Waals surface area (Å²) in [4.78, 5) is 25.0. The molecule has 0 atom stereocenters. The third kappa shape index (κ3) is 8.93. The summed E-state index contributed by atoms with van der Waals surface area (Å²) < 4.78 is 37.7. The molecule has 0 aliphatic carbocycles. The zero-order valence-corrected chi connectivity index (χ0v) is 21.4. The molecule has 1 aromatic heterocycles. The lowest BCUT2D eigenvalue weighted by Gasteiger charge is -2.13. The van der Waals surface area contributed by atoms with Gasteiger partial charge in [0, 0.05) is 12.8 Å². The second-order valence-electron chi connectivity index (χ2n) is 7.34. The summed E-state index contributed by atoms with van der Waals surface area (Å²) in [5.41, 5.74) is -0.491. The van der Waals surface area contributed by atoms with Crippen molar-refractivity contribution in [3.8, 4) is 22.9 Å². The molecule has 12 heteroatoms. The maximum atomic E-state index is 12.5. The summed E-state index contributed by atoms with van der Waals surface area (Å²) in [6.45, 7) is 6.78. The molecule has 2 N–H and O–H groups in total. The van der Waals surface area contributed by atoms with Gasteiger partial charge < -0.3 is 43.4 Å². The van der Waals surface area contributed by atoms with Gasteiger partial charge in [-0.2, -0.15) is 0 Å². The smallest absolute Gasteiger partial charge is 0.359 e. The van der Waals surface area contributed by atoms with Crippen molar-refractivity contribution in [3.63, 3.8) is 0 Å². The molecule has 1 aromatic carbocycles. The van der Waals surface area contributed by atoms with E-state index in [1.54, 1.807) is 45.2 Å². The van der Waals surface area contributed by atoms with Crippen molar-refractivity contribution in [1.29, 1.82) is 0 Å². The van der Waals surface area contributed by atoms with Crippen LogP contribution in [0.25, 0.3) is 5.69 Å². The summed E-state index contributed by atoms with van der Waals surface area (Å²) in [5, 5.41) is 20.7. The molecule has 0 unspecified atom stereocenters. The maximum absolute atomic E-state index is 12.5. The monoisotopic (exact) mass is 525 g/mol. The molecule has 0 aliphatic rings. The van der Waals surface area contributed by atoms with Crippen molar-refractivity contribution in [2.45, 2.75) is 13.8 Å². The molecule has 0 saturated carbocycles. The number of benzene rings is 1. The van der Waals surface area contributed by atoms with Gasteiger partial charge in [-0.1, -0.05) is 0 Å². The summed E-state index contributed by atoms with van der Waals surface area (Å²) >= 11 is 0. The predicted octanol–water partition coefficient (Wildman–Crippen LogP) is 2.32. The number of hydrogen-bond acceptors (Lipinski definition) is 11. The normalized spacial score (nSPS) is 10.9. The Morgan fingerprint density at radius 3 is 1.57 bits per heavy atom. The van der Waals surface area contributed by atoms with Crippen molar-refractivity contribution >= 4 is 11.9 Å². The molecule has 1 heterocycles. The molecule has 0 saturated heterocycles. The second-order valence-corrected chi connectivity index (χ2v) is 7.34. The number of aromatic nitrogens is 1. The molecule has 12 nitrogen and oxygen atoms in total. The molecule has 2 rings (SSSR count). The Morgan fingerprint density at radius 2 is 1.14 bits per heavy atom. The number of methoxy groups -OCH3 is 1. The van der Waals surface area contributed by atoms with Crippen LogP contribution in [0, 0.1) is 0 Å². The Morgan fingerprint density at radius 1 is 0.703 bits per heavy atom. The summed E-state index contributed by atoms with van der Waals surface area (Å²) in [6, 6.07) is 6.34. The van der Waals surface area contributed by atoms with Crippen LogP contribution in [0.2, 0.25) is 0 Å². The SMILES string of the molecule is CCOC(=O)c1c(O)c(O)c(C(=O)OCC)n1-c1ccc(OCCOCCOCCOCCOC)cc1. The highest BCUT2D eigenvalue weighted by atomic mass is 16.6. The predicted molar refractivity (Wildman–Crippen MR) is 131 cm³/mol. The van der Waals surface area contributed by atoms with Gasteiger partial charge in [-0.3, -0.25) is 4.57 Å². The fraction of sp³-hybridized carbons (Fsp3) is 0.520. The number of rotatable bonds is 18. The molecule has 0 aliphatic heterocycles. The zero-order valence-electron chi connectivity index (χ0n) is 21.4. The summed E-state index contributed by atoms with van der Waals surface area (Å²) in [7, 11) is 1.62. The zero-order chi connectivity index (χ0) is 27.0. The van der Waals surface area contributed by atoms with Gasteiger partial charge >= 0.3 is 11.9 Å². The van der Waals surface area contributed by atoms with E-state index < -0.39 is 34.8 Å². The Labute approximate surface area is 215 Å². The summed E-state index contributed by atoms with van der Waals surface area (Å²) in [6.07, 6.45) is 0. The van der Waals surface area contributed by atoms with Gasteiger partial charge in [0.25, 0.3) is 0 Å². The lowest BCUT2D eigenvalue weighted by Crippen LogP contribution is -2.17. The summed E-state index contributed by atoms with van der Waals surface area (Å²) in [5.74, 6) is -2.87. The van der Waals surface area contributed by atoms with Crippen LogP contribution in [0.3, 0.4) is 0 Å².